The number of amides is 1. The lowest BCUT2D eigenvalue weighted by molar-refractivity contribution is -0.909. The van der Waals surface area contributed by atoms with Crippen molar-refractivity contribution in [2.75, 3.05) is 26.2 Å². The summed E-state index contributed by atoms with van der Waals surface area (Å²) in [6, 6.07) is 0.465. The highest BCUT2D eigenvalue weighted by Crippen LogP contribution is 2.51. The van der Waals surface area contributed by atoms with Gasteiger partial charge in [0, 0.05) is 24.7 Å². The Hall–Kier alpha value is -1.40. The summed E-state index contributed by atoms with van der Waals surface area (Å²) in [5.41, 5.74) is -0.725. The van der Waals surface area contributed by atoms with Gasteiger partial charge in [-0.3, -0.25) is 4.79 Å². The Morgan fingerprint density at radius 2 is 2.41 bits per heavy atom. The van der Waals surface area contributed by atoms with Gasteiger partial charge in [0.05, 0.1) is 38.2 Å². The van der Waals surface area contributed by atoms with E-state index in [0.717, 1.165) is 19.5 Å². The number of nitrogens with zero attached hydrogens (tertiary/aromatic N) is 1. The molecule has 1 spiro atoms. The number of carboxylic acids is 1. The number of likely N-dealkylation sites (N-methyl/N-ethyl adjacent to an activating group) is 1. The van der Waals surface area contributed by atoms with E-state index in [1.807, 2.05) is 11.0 Å². The minimum absolute atomic E-state index is 0.0663. The SMILES string of the molecule is CC[NH+]1CCC[C@H]1CN1C[C@@]23C=C[C@@H](O2)[C@H](C(=O)[O-])[C@@H]3C1=O. The zero-order valence-corrected chi connectivity index (χ0v) is 12.8. The van der Waals surface area contributed by atoms with Crippen molar-refractivity contribution in [2.45, 2.75) is 37.5 Å². The zero-order valence-electron chi connectivity index (χ0n) is 12.8. The Labute approximate surface area is 129 Å². The maximum absolute atomic E-state index is 12.8. The van der Waals surface area contributed by atoms with Crippen LogP contribution >= 0.6 is 0 Å². The van der Waals surface area contributed by atoms with E-state index in [0.29, 0.717) is 19.1 Å². The van der Waals surface area contributed by atoms with Gasteiger partial charge >= 0.3 is 0 Å². The normalized spacial score (nSPS) is 45.8. The molecule has 120 valence electrons. The monoisotopic (exact) mass is 306 g/mol. The van der Waals surface area contributed by atoms with Crippen LogP contribution in [0.3, 0.4) is 0 Å². The summed E-state index contributed by atoms with van der Waals surface area (Å²) in [6.45, 7) is 5.61. The molecular weight excluding hydrogens is 284 g/mol. The maximum atomic E-state index is 12.8. The second-order valence-electron chi connectivity index (χ2n) is 7.04. The van der Waals surface area contributed by atoms with Crippen LogP contribution in [-0.2, 0) is 14.3 Å². The van der Waals surface area contributed by atoms with Gasteiger partial charge in [-0.25, -0.2) is 0 Å². The second kappa shape index (κ2) is 4.80. The van der Waals surface area contributed by atoms with E-state index >= 15 is 0 Å². The quantitative estimate of drug-likeness (QED) is 0.587. The molecule has 4 rings (SSSR count). The first-order valence-electron chi connectivity index (χ1n) is 8.27. The third kappa shape index (κ3) is 1.80. The van der Waals surface area contributed by atoms with Crippen LogP contribution < -0.4 is 10.0 Å². The number of carbonyl (C=O) groups excluding carboxylic acids is 2. The lowest BCUT2D eigenvalue weighted by Gasteiger charge is -2.27. The molecule has 1 unspecified atom stereocenters. The molecule has 3 saturated heterocycles. The lowest BCUT2D eigenvalue weighted by Crippen LogP contribution is -3.14. The van der Waals surface area contributed by atoms with Gasteiger partial charge in [0.15, 0.2) is 0 Å². The van der Waals surface area contributed by atoms with Gasteiger partial charge in [-0.05, 0) is 6.92 Å². The number of carbonyl (C=O) groups is 2. The summed E-state index contributed by atoms with van der Waals surface area (Å²) in [7, 11) is 0. The van der Waals surface area contributed by atoms with Gasteiger partial charge in [-0.2, -0.15) is 0 Å². The number of hydrogen-bond acceptors (Lipinski definition) is 4. The van der Waals surface area contributed by atoms with Crippen LogP contribution in [0.5, 0.6) is 0 Å². The highest BCUT2D eigenvalue weighted by Gasteiger charge is 2.65. The van der Waals surface area contributed by atoms with Gasteiger partial charge in [-0.1, -0.05) is 12.2 Å². The van der Waals surface area contributed by atoms with E-state index in [1.165, 1.54) is 6.42 Å². The molecule has 0 aromatic rings. The average Bonchev–Trinajstić information content (AvgIpc) is 3.21. The number of rotatable bonds is 4. The molecule has 22 heavy (non-hydrogen) atoms. The minimum atomic E-state index is -1.17. The maximum Gasteiger partial charge on any atom is 0.230 e. The Bertz CT molecular complexity index is 548. The number of carboxylic acid groups (broad SMARTS) is 1. The lowest BCUT2D eigenvalue weighted by atomic mass is 9.77. The largest absolute Gasteiger partial charge is 0.550 e. The summed E-state index contributed by atoms with van der Waals surface area (Å²) in [4.78, 5) is 27.6. The summed E-state index contributed by atoms with van der Waals surface area (Å²) in [5.74, 6) is -2.67. The van der Waals surface area contributed by atoms with Crippen molar-refractivity contribution in [2.24, 2.45) is 11.8 Å². The van der Waals surface area contributed by atoms with E-state index in [1.54, 1.807) is 11.0 Å². The number of nitrogens with one attached hydrogen (secondary N) is 1. The number of fused-ring (bicyclic) bond motifs is 1. The molecule has 0 aliphatic carbocycles. The Kier molecular flexibility index (Phi) is 3.10. The number of quaternary nitrogens is 1. The fourth-order valence-electron chi connectivity index (χ4n) is 4.94. The van der Waals surface area contributed by atoms with E-state index in [9.17, 15) is 14.7 Å². The molecular formula is C16H22N2O4. The zero-order chi connectivity index (χ0) is 15.5. The van der Waals surface area contributed by atoms with Gasteiger partial charge < -0.3 is 24.4 Å². The van der Waals surface area contributed by atoms with Gasteiger partial charge in [0.25, 0.3) is 0 Å². The van der Waals surface area contributed by atoms with E-state index < -0.39 is 29.5 Å². The Morgan fingerprint density at radius 3 is 3.14 bits per heavy atom. The van der Waals surface area contributed by atoms with Crippen molar-refractivity contribution in [3.63, 3.8) is 0 Å². The molecule has 1 N–H and O–H groups in total. The van der Waals surface area contributed by atoms with Crippen molar-refractivity contribution >= 4 is 11.9 Å². The van der Waals surface area contributed by atoms with E-state index in [4.69, 9.17) is 4.74 Å². The smallest absolute Gasteiger partial charge is 0.230 e. The van der Waals surface area contributed by atoms with Crippen molar-refractivity contribution in [1.29, 1.82) is 0 Å². The topological polar surface area (TPSA) is 74.1 Å². The van der Waals surface area contributed by atoms with Crippen molar-refractivity contribution in [3.05, 3.63) is 12.2 Å². The van der Waals surface area contributed by atoms with E-state index in [2.05, 4.69) is 6.92 Å². The number of aliphatic carboxylic acids is 1. The highest BCUT2D eigenvalue weighted by molar-refractivity contribution is 5.90. The van der Waals surface area contributed by atoms with Crippen LogP contribution in [0.25, 0.3) is 0 Å². The number of ether oxygens (including phenoxy) is 1. The van der Waals surface area contributed by atoms with Crippen molar-refractivity contribution in [1.82, 2.24) is 4.90 Å². The van der Waals surface area contributed by atoms with Crippen LogP contribution in [0.4, 0.5) is 0 Å². The van der Waals surface area contributed by atoms with Crippen LogP contribution in [0, 0.1) is 11.8 Å². The first kappa shape index (κ1) is 14.2. The van der Waals surface area contributed by atoms with Crippen LogP contribution in [0.1, 0.15) is 19.8 Å². The summed E-state index contributed by atoms with van der Waals surface area (Å²) in [6.07, 6.45) is 5.52. The minimum Gasteiger partial charge on any atom is -0.550 e. The Balaban J connectivity index is 1.55. The molecule has 0 aromatic carbocycles. The molecule has 6 heteroatoms. The molecule has 4 aliphatic rings. The molecule has 2 bridgehead atoms. The predicted molar refractivity (Wildman–Crippen MR) is 74.7 cm³/mol. The van der Waals surface area contributed by atoms with Crippen LogP contribution in [0.2, 0.25) is 0 Å². The standard InChI is InChI=1S/C16H22N2O4/c1-2-17-7-3-4-10(17)8-18-9-16-6-5-11(22-16)12(15(20)21)13(16)14(18)19/h5-6,10-13H,2-4,7-9H2,1H3,(H,20,21)/t10-,11+,12-,13+,16+/m0/s1. The van der Waals surface area contributed by atoms with Gasteiger partial charge in [0.1, 0.15) is 11.6 Å². The molecule has 6 atom stereocenters. The van der Waals surface area contributed by atoms with Crippen molar-refractivity contribution < 1.29 is 24.3 Å². The Morgan fingerprint density at radius 1 is 1.59 bits per heavy atom. The highest BCUT2D eigenvalue weighted by atomic mass is 16.5. The molecule has 0 radical (unpaired) electrons. The summed E-state index contributed by atoms with van der Waals surface area (Å²) < 4.78 is 5.87. The molecule has 6 nitrogen and oxygen atoms in total. The third-order valence-electron chi connectivity index (χ3n) is 5.97. The second-order valence-corrected chi connectivity index (χ2v) is 7.04. The van der Waals surface area contributed by atoms with Crippen molar-refractivity contribution in [3.8, 4) is 0 Å². The molecule has 1 amide bonds. The number of likely N-dealkylation sites (tertiary alicyclic amines) is 2. The fraction of sp³-hybridized carbons (Fsp3) is 0.750. The number of hydrogen-bond donors (Lipinski definition) is 1. The molecule has 3 fully saturated rings. The average molecular weight is 306 g/mol. The first-order valence-corrected chi connectivity index (χ1v) is 8.27. The third-order valence-corrected chi connectivity index (χ3v) is 5.97. The first-order chi connectivity index (χ1) is 10.6. The van der Waals surface area contributed by atoms with E-state index in [-0.39, 0.29) is 5.91 Å². The van der Waals surface area contributed by atoms with Crippen LogP contribution in [-0.4, -0.2) is 60.7 Å². The molecule has 0 aromatic heterocycles. The predicted octanol–water partition coefficient (Wildman–Crippen LogP) is -2.41. The fourth-order valence-corrected chi connectivity index (χ4v) is 4.94. The molecule has 4 heterocycles. The summed E-state index contributed by atoms with van der Waals surface area (Å²) >= 11 is 0. The molecule has 0 saturated carbocycles. The van der Waals surface area contributed by atoms with Gasteiger partial charge in [0.2, 0.25) is 5.91 Å². The van der Waals surface area contributed by atoms with Crippen LogP contribution in [0.15, 0.2) is 12.2 Å². The summed E-state index contributed by atoms with van der Waals surface area (Å²) in [5, 5.41) is 11.4. The van der Waals surface area contributed by atoms with Gasteiger partial charge in [-0.15, -0.1) is 0 Å². The molecule has 4 aliphatic heterocycles.